The Morgan fingerprint density at radius 1 is 1.68 bits per heavy atom. The van der Waals surface area contributed by atoms with Crippen LogP contribution in [0.1, 0.15) is 24.8 Å². The van der Waals surface area contributed by atoms with Crippen molar-refractivity contribution in [3.05, 3.63) is 27.9 Å². The Morgan fingerprint density at radius 3 is 2.89 bits per heavy atom. The number of aromatic nitrogens is 1. The van der Waals surface area contributed by atoms with Crippen LogP contribution in [0.2, 0.25) is 0 Å². The molecule has 7 heteroatoms. The molecule has 0 amide bonds. The Morgan fingerprint density at radius 2 is 2.37 bits per heavy atom. The molecule has 1 aliphatic rings. The highest BCUT2D eigenvalue weighted by Crippen LogP contribution is 2.37. The summed E-state index contributed by atoms with van der Waals surface area (Å²) in [6.45, 7) is 1.63. The minimum atomic E-state index is -0.917. The summed E-state index contributed by atoms with van der Waals surface area (Å²) < 4.78 is 0. The van der Waals surface area contributed by atoms with Crippen LogP contribution in [0.4, 0.5) is 11.5 Å². The zero-order valence-electron chi connectivity index (χ0n) is 10.5. The minimum absolute atomic E-state index is 0.0581. The standard InChI is InChI=1S/C12H15N3O4/c1-7-4-5-13-12(11(7)15(18)19)14-9(6-10(16)17)8-2-3-8/h4-5,8-9H,2-3,6H2,1H3,(H,13,14)(H,16,17). The van der Waals surface area contributed by atoms with Crippen molar-refractivity contribution in [3.8, 4) is 0 Å². The number of carboxylic acids is 1. The first kappa shape index (κ1) is 13.3. The number of nitro groups is 1. The predicted octanol–water partition coefficient (Wildman–Crippen LogP) is 1.96. The monoisotopic (exact) mass is 265 g/mol. The van der Waals surface area contributed by atoms with Gasteiger partial charge >= 0.3 is 11.7 Å². The van der Waals surface area contributed by atoms with Crippen LogP contribution in [0.25, 0.3) is 0 Å². The van der Waals surface area contributed by atoms with Gasteiger partial charge in [-0.25, -0.2) is 4.98 Å². The highest BCUT2D eigenvalue weighted by molar-refractivity contribution is 5.69. The summed E-state index contributed by atoms with van der Waals surface area (Å²) in [5, 5.41) is 22.8. The molecule has 2 rings (SSSR count). The maximum atomic E-state index is 11.0. The van der Waals surface area contributed by atoms with E-state index >= 15 is 0 Å². The van der Waals surface area contributed by atoms with E-state index in [1.807, 2.05) is 0 Å². The predicted molar refractivity (Wildman–Crippen MR) is 68.0 cm³/mol. The molecule has 0 aliphatic heterocycles. The number of aliphatic carboxylic acids is 1. The molecule has 1 heterocycles. The van der Waals surface area contributed by atoms with E-state index in [1.54, 1.807) is 13.0 Å². The molecular weight excluding hydrogens is 250 g/mol. The van der Waals surface area contributed by atoms with Gasteiger partial charge in [0.1, 0.15) is 0 Å². The minimum Gasteiger partial charge on any atom is -0.481 e. The Labute approximate surface area is 109 Å². The summed E-state index contributed by atoms with van der Waals surface area (Å²) in [7, 11) is 0. The van der Waals surface area contributed by atoms with Crippen molar-refractivity contribution in [2.24, 2.45) is 5.92 Å². The van der Waals surface area contributed by atoms with Gasteiger partial charge in [0.2, 0.25) is 5.82 Å². The van der Waals surface area contributed by atoms with Gasteiger partial charge in [-0.2, -0.15) is 0 Å². The molecular formula is C12H15N3O4. The molecule has 19 heavy (non-hydrogen) atoms. The number of pyridine rings is 1. The zero-order valence-corrected chi connectivity index (χ0v) is 10.5. The van der Waals surface area contributed by atoms with E-state index in [9.17, 15) is 14.9 Å². The van der Waals surface area contributed by atoms with Gasteiger partial charge in [-0.1, -0.05) is 0 Å². The van der Waals surface area contributed by atoms with Crippen LogP contribution in [0.15, 0.2) is 12.3 Å². The number of nitrogens with zero attached hydrogens (tertiary/aromatic N) is 2. The van der Waals surface area contributed by atoms with Crippen molar-refractivity contribution in [1.29, 1.82) is 0 Å². The summed E-state index contributed by atoms with van der Waals surface area (Å²) in [5.41, 5.74) is 0.422. The number of hydrogen-bond donors (Lipinski definition) is 2. The Kier molecular flexibility index (Phi) is 3.64. The van der Waals surface area contributed by atoms with Crippen molar-refractivity contribution in [2.45, 2.75) is 32.2 Å². The molecule has 2 N–H and O–H groups in total. The third-order valence-corrected chi connectivity index (χ3v) is 3.22. The SMILES string of the molecule is Cc1ccnc(NC(CC(=O)O)C2CC2)c1[N+](=O)[O-]. The van der Waals surface area contributed by atoms with Gasteiger partial charge in [0.25, 0.3) is 0 Å². The molecule has 0 saturated heterocycles. The number of aryl methyl sites for hydroxylation is 1. The second-order valence-corrected chi connectivity index (χ2v) is 4.77. The van der Waals surface area contributed by atoms with Crippen LogP contribution >= 0.6 is 0 Å². The molecule has 0 radical (unpaired) electrons. The summed E-state index contributed by atoms with van der Waals surface area (Å²) in [6, 6.07) is 1.26. The van der Waals surface area contributed by atoms with Gasteiger partial charge in [-0.05, 0) is 31.7 Å². The molecule has 1 aromatic heterocycles. The second kappa shape index (κ2) is 5.21. The lowest BCUT2D eigenvalue weighted by molar-refractivity contribution is -0.384. The van der Waals surface area contributed by atoms with E-state index in [4.69, 9.17) is 5.11 Å². The highest BCUT2D eigenvalue weighted by Gasteiger charge is 2.34. The first-order valence-corrected chi connectivity index (χ1v) is 6.07. The lowest BCUT2D eigenvalue weighted by Gasteiger charge is -2.17. The van der Waals surface area contributed by atoms with Crippen molar-refractivity contribution in [2.75, 3.05) is 5.32 Å². The number of anilines is 1. The Balaban J connectivity index is 2.23. The topological polar surface area (TPSA) is 105 Å². The molecule has 1 aliphatic carbocycles. The molecule has 7 nitrogen and oxygen atoms in total. The van der Waals surface area contributed by atoms with E-state index in [0.29, 0.717) is 5.56 Å². The van der Waals surface area contributed by atoms with Gasteiger partial charge < -0.3 is 10.4 Å². The third-order valence-electron chi connectivity index (χ3n) is 3.22. The Bertz CT molecular complexity index is 514. The Hall–Kier alpha value is -2.18. The van der Waals surface area contributed by atoms with Gasteiger partial charge in [0, 0.05) is 17.8 Å². The lowest BCUT2D eigenvalue weighted by Crippen LogP contribution is -2.26. The summed E-state index contributed by atoms with van der Waals surface area (Å²) >= 11 is 0. The van der Waals surface area contributed by atoms with E-state index in [2.05, 4.69) is 10.3 Å². The van der Waals surface area contributed by atoms with Gasteiger partial charge in [0.15, 0.2) is 0 Å². The molecule has 1 saturated carbocycles. The van der Waals surface area contributed by atoms with Crippen LogP contribution < -0.4 is 5.32 Å². The average Bonchev–Trinajstić information content (AvgIpc) is 3.10. The normalized spacial score (nSPS) is 15.8. The fourth-order valence-electron chi connectivity index (χ4n) is 2.08. The van der Waals surface area contributed by atoms with E-state index in [1.165, 1.54) is 6.20 Å². The largest absolute Gasteiger partial charge is 0.481 e. The highest BCUT2D eigenvalue weighted by atomic mass is 16.6. The summed E-state index contributed by atoms with van der Waals surface area (Å²) in [6.07, 6.45) is 3.32. The summed E-state index contributed by atoms with van der Waals surface area (Å²) in [5.74, 6) is -0.499. The smallest absolute Gasteiger partial charge is 0.314 e. The number of carbonyl (C=O) groups is 1. The van der Waals surface area contributed by atoms with Crippen LogP contribution in [0.3, 0.4) is 0 Å². The van der Waals surface area contributed by atoms with Crippen molar-refractivity contribution in [3.63, 3.8) is 0 Å². The summed E-state index contributed by atoms with van der Waals surface area (Å²) in [4.78, 5) is 25.3. The molecule has 102 valence electrons. The van der Waals surface area contributed by atoms with Crippen LogP contribution in [0.5, 0.6) is 0 Å². The van der Waals surface area contributed by atoms with Crippen LogP contribution in [0, 0.1) is 23.0 Å². The fraction of sp³-hybridized carbons (Fsp3) is 0.500. The van der Waals surface area contributed by atoms with Crippen LogP contribution in [-0.4, -0.2) is 27.0 Å². The zero-order chi connectivity index (χ0) is 14.0. The van der Waals surface area contributed by atoms with Gasteiger partial charge in [-0.15, -0.1) is 0 Å². The van der Waals surface area contributed by atoms with Gasteiger partial charge in [0.05, 0.1) is 11.3 Å². The molecule has 1 unspecified atom stereocenters. The number of hydrogen-bond acceptors (Lipinski definition) is 5. The maximum Gasteiger partial charge on any atom is 0.314 e. The van der Waals surface area contributed by atoms with Crippen LogP contribution in [-0.2, 0) is 4.79 Å². The number of carboxylic acid groups (broad SMARTS) is 1. The first-order chi connectivity index (χ1) is 8.99. The molecule has 1 aromatic rings. The number of nitrogens with one attached hydrogen (secondary N) is 1. The maximum absolute atomic E-state index is 11.0. The van der Waals surface area contributed by atoms with Gasteiger partial charge in [-0.3, -0.25) is 14.9 Å². The van der Waals surface area contributed by atoms with E-state index in [-0.39, 0.29) is 29.9 Å². The first-order valence-electron chi connectivity index (χ1n) is 6.07. The molecule has 0 bridgehead atoms. The second-order valence-electron chi connectivity index (χ2n) is 4.77. The molecule has 0 spiro atoms. The van der Waals surface area contributed by atoms with Crippen molar-refractivity contribution in [1.82, 2.24) is 4.98 Å². The quantitative estimate of drug-likeness (QED) is 0.601. The van der Waals surface area contributed by atoms with Crippen molar-refractivity contribution < 1.29 is 14.8 Å². The van der Waals surface area contributed by atoms with E-state index < -0.39 is 10.9 Å². The van der Waals surface area contributed by atoms with E-state index in [0.717, 1.165) is 12.8 Å². The molecule has 1 atom stereocenters. The van der Waals surface area contributed by atoms with Crippen molar-refractivity contribution >= 4 is 17.5 Å². The average molecular weight is 265 g/mol. The lowest BCUT2D eigenvalue weighted by atomic mass is 10.1. The fourth-order valence-corrected chi connectivity index (χ4v) is 2.08. The molecule has 1 fully saturated rings. The third kappa shape index (κ3) is 3.18. The number of rotatable bonds is 6. The molecule has 0 aromatic carbocycles.